The minimum atomic E-state index is -0.451. The molecule has 116 valence electrons. The van der Waals surface area contributed by atoms with E-state index >= 15 is 0 Å². The predicted molar refractivity (Wildman–Crippen MR) is 81.0 cm³/mol. The van der Waals surface area contributed by atoms with Crippen molar-refractivity contribution in [3.8, 4) is 0 Å². The molecule has 3 saturated heterocycles. The molecule has 0 N–H and O–H groups in total. The van der Waals surface area contributed by atoms with Crippen LogP contribution in [0, 0.1) is 11.8 Å². The molecular weight excluding hydrogens is 278 g/mol. The number of imide groups is 1. The van der Waals surface area contributed by atoms with E-state index in [4.69, 9.17) is 4.74 Å². The first-order valence-corrected chi connectivity index (χ1v) is 8.04. The zero-order valence-electron chi connectivity index (χ0n) is 13.0. The van der Waals surface area contributed by atoms with Gasteiger partial charge in [0, 0.05) is 6.54 Å². The molecule has 4 atom stereocenters. The number of amides is 2. The van der Waals surface area contributed by atoms with Crippen LogP contribution >= 0.6 is 0 Å². The maximum Gasteiger partial charge on any atom is 0.236 e. The van der Waals surface area contributed by atoms with Gasteiger partial charge in [-0.2, -0.15) is 0 Å². The standard InChI is InChI=1S/C18H21NO3/c1-17-9-10-18(2,22-17)14-13(17)15(20)19(16(14)21)11-8-12-6-4-3-5-7-12/h3-7,13-14H,8-11H2,1-2H3. The number of likely N-dealkylation sites (tertiary alicyclic amines) is 1. The quantitative estimate of drug-likeness (QED) is 0.804. The third kappa shape index (κ3) is 1.73. The maximum atomic E-state index is 12.8. The molecule has 1 aromatic carbocycles. The van der Waals surface area contributed by atoms with Crippen molar-refractivity contribution in [1.82, 2.24) is 4.90 Å². The molecule has 2 amide bonds. The molecule has 0 saturated carbocycles. The molecule has 4 unspecified atom stereocenters. The van der Waals surface area contributed by atoms with Crippen LogP contribution < -0.4 is 0 Å². The molecule has 0 aromatic heterocycles. The molecule has 0 radical (unpaired) electrons. The molecule has 3 aliphatic heterocycles. The number of hydrogen-bond donors (Lipinski definition) is 0. The monoisotopic (exact) mass is 299 g/mol. The summed E-state index contributed by atoms with van der Waals surface area (Å²) in [6, 6.07) is 9.99. The third-order valence-electron chi connectivity index (χ3n) is 5.76. The van der Waals surface area contributed by atoms with Gasteiger partial charge in [-0.15, -0.1) is 0 Å². The average molecular weight is 299 g/mol. The SMILES string of the molecule is CC12CCC(C)(O1)C1C(=O)N(CCc3ccccc3)C(=O)C12. The topological polar surface area (TPSA) is 46.6 Å². The Bertz CT molecular complexity index is 609. The van der Waals surface area contributed by atoms with Crippen molar-refractivity contribution in [2.45, 2.75) is 44.3 Å². The number of benzene rings is 1. The van der Waals surface area contributed by atoms with E-state index in [0.29, 0.717) is 13.0 Å². The Morgan fingerprint density at radius 1 is 1.05 bits per heavy atom. The molecule has 1 aromatic rings. The van der Waals surface area contributed by atoms with E-state index in [1.54, 1.807) is 0 Å². The van der Waals surface area contributed by atoms with E-state index in [1.807, 2.05) is 44.2 Å². The molecule has 0 spiro atoms. The molecule has 4 nitrogen and oxygen atoms in total. The second kappa shape index (κ2) is 4.42. The molecule has 3 fully saturated rings. The Balaban J connectivity index is 1.57. The van der Waals surface area contributed by atoms with E-state index in [0.717, 1.165) is 18.4 Å². The van der Waals surface area contributed by atoms with Crippen LogP contribution in [0.15, 0.2) is 30.3 Å². The highest BCUT2D eigenvalue weighted by Gasteiger charge is 2.72. The second-order valence-corrected chi connectivity index (χ2v) is 7.25. The summed E-state index contributed by atoms with van der Waals surface area (Å²) in [5.74, 6) is -0.627. The normalized spacial score (nSPS) is 39.6. The fourth-order valence-corrected chi connectivity index (χ4v) is 4.63. The van der Waals surface area contributed by atoms with Gasteiger partial charge in [0.15, 0.2) is 0 Å². The fraction of sp³-hybridized carbons (Fsp3) is 0.556. The Morgan fingerprint density at radius 3 is 2.14 bits per heavy atom. The van der Waals surface area contributed by atoms with Gasteiger partial charge in [-0.25, -0.2) is 0 Å². The molecular formula is C18H21NO3. The minimum absolute atomic E-state index is 0.0307. The summed E-state index contributed by atoms with van der Waals surface area (Å²) in [6.45, 7) is 4.46. The van der Waals surface area contributed by atoms with Crippen LogP contribution in [0.1, 0.15) is 32.3 Å². The van der Waals surface area contributed by atoms with E-state index in [1.165, 1.54) is 4.90 Å². The Labute approximate surface area is 130 Å². The lowest BCUT2D eigenvalue weighted by Gasteiger charge is -2.27. The summed E-state index contributed by atoms with van der Waals surface area (Å²) in [5.41, 5.74) is 0.248. The van der Waals surface area contributed by atoms with Gasteiger partial charge in [-0.3, -0.25) is 14.5 Å². The minimum Gasteiger partial charge on any atom is -0.367 e. The van der Waals surface area contributed by atoms with Gasteiger partial charge in [-0.1, -0.05) is 30.3 Å². The van der Waals surface area contributed by atoms with E-state index < -0.39 is 11.2 Å². The lowest BCUT2D eigenvalue weighted by Crippen LogP contribution is -2.40. The van der Waals surface area contributed by atoms with Gasteiger partial charge < -0.3 is 4.74 Å². The number of ether oxygens (including phenoxy) is 1. The molecule has 3 aliphatic rings. The van der Waals surface area contributed by atoms with Crippen molar-refractivity contribution >= 4 is 11.8 Å². The largest absolute Gasteiger partial charge is 0.367 e. The maximum absolute atomic E-state index is 12.8. The molecule has 2 bridgehead atoms. The first-order chi connectivity index (χ1) is 10.4. The van der Waals surface area contributed by atoms with E-state index in [2.05, 4.69) is 0 Å². The molecule has 4 heteroatoms. The molecule has 0 aliphatic carbocycles. The average Bonchev–Trinajstić information content (AvgIpc) is 3.04. The number of fused-ring (bicyclic) bond motifs is 5. The van der Waals surface area contributed by atoms with Crippen molar-refractivity contribution in [1.29, 1.82) is 0 Å². The third-order valence-corrected chi connectivity index (χ3v) is 5.76. The number of rotatable bonds is 3. The van der Waals surface area contributed by atoms with Gasteiger partial charge in [0.1, 0.15) is 0 Å². The Kier molecular flexibility index (Phi) is 2.80. The van der Waals surface area contributed by atoms with E-state index in [9.17, 15) is 9.59 Å². The smallest absolute Gasteiger partial charge is 0.236 e. The predicted octanol–water partition coefficient (Wildman–Crippen LogP) is 2.17. The van der Waals surface area contributed by atoms with Crippen LogP contribution in [-0.4, -0.2) is 34.5 Å². The van der Waals surface area contributed by atoms with Crippen LogP contribution in [-0.2, 0) is 20.7 Å². The van der Waals surface area contributed by atoms with Crippen molar-refractivity contribution in [2.24, 2.45) is 11.8 Å². The second-order valence-electron chi connectivity index (χ2n) is 7.25. The first kappa shape index (κ1) is 13.9. The van der Waals surface area contributed by atoms with Crippen LogP contribution in [0.25, 0.3) is 0 Å². The summed E-state index contributed by atoms with van der Waals surface area (Å²) >= 11 is 0. The zero-order valence-corrected chi connectivity index (χ0v) is 13.0. The van der Waals surface area contributed by atoms with Crippen molar-refractivity contribution in [2.75, 3.05) is 6.54 Å². The number of carbonyl (C=O) groups is 2. The zero-order chi connectivity index (χ0) is 15.5. The highest BCUT2D eigenvalue weighted by atomic mass is 16.5. The lowest BCUT2D eigenvalue weighted by atomic mass is 9.69. The summed E-state index contributed by atoms with van der Waals surface area (Å²) in [4.78, 5) is 27.0. The Morgan fingerprint density at radius 2 is 1.59 bits per heavy atom. The van der Waals surface area contributed by atoms with Crippen molar-refractivity contribution in [3.05, 3.63) is 35.9 Å². The summed E-state index contributed by atoms with van der Waals surface area (Å²) in [5, 5.41) is 0. The van der Waals surface area contributed by atoms with Crippen molar-refractivity contribution in [3.63, 3.8) is 0 Å². The highest BCUT2D eigenvalue weighted by molar-refractivity contribution is 6.07. The summed E-state index contributed by atoms with van der Waals surface area (Å²) in [7, 11) is 0. The number of nitrogens with zero attached hydrogens (tertiary/aromatic N) is 1. The van der Waals surface area contributed by atoms with Gasteiger partial charge in [0.2, 0.25) is 11.8 Å². The Hall–Kier alpha value is -1.68. The molecule has 22 heavy (non-hydrogen) atoms. The molecule has 3 heterocycles. The summed E-state index contributed by atoms with van der Waals surface area (Å²) in [6.07, 6.45) is 2.46. The number of hydrogen-bond acceptors (Lipinski definition) is 3. The van der Waals surface area contributed by atoms with Crippen LogP contribution in [0.3, 0.4) is 0 Å². The van der Waals surface area contributed by atoms with Gasteiger partial charge >= 0.3 is 0 Å². The first-order valence-electron chi connectivity index (χ1n) is 8.04. The number of carbonyl (C=O) groups excluding carboxylic acids is 2. The fourth-order valence-electron chi connectivity index (χ4n) is 4.63. The highest BCUT2D eigenvalue weighted by Crippen LogP contribution is 2.60. The summed E-state index contributed by atoms with van der Waals surface area (Å²) < 4.78 is 6.10. The van der Waals surface area contributed by atoms with E-state index in [-0.39, 0.29) is 23.7 Å². The van der Waals surface area contributed by atoms with Crippen LogP contribution in [0.5, 0.6) is 0 Å². The van der Waals surface area contributed by atoms with Crippen LogP contribution in [0.2, 0.25) is 0 Å². The van der Waals surface area contributed by atoms with Gasteiger partial charge in [0.25, 0.3) is 0 Å². The lowest BCUT2D eigenvalue weighted by molar-refractivity contribution is -0.147. The van der Waals surface area contributed by atoms with Crippen LogP contribution in [0.4, 0.5) is 0 Å². The van der Waals surface area contributed by atoms with Gasteiger partial charge in [-0.05, 0) is 38.7 Å². The van der Waals surface area contributed by atoms with Gasteiger partial charge in [0.05, 0.1) is 23.0 Å². The van der Waals surface area contributed by atoms with Crippen molar-refractivity contribution < 1.29 is 14.3 Å². The molecule has 4 rings (SSSR count).